The van der Waals surface area contributed by atoms with Crippen LogP contribution in [0.25, 0.3) is 5.76 Å². The molecule has 2 aliphatic heterocycles. The van der Waals surface area contributed by atoms with E-state index in [1.807, 2.05) is 13.0 Å². The second-order valence-corrected chi connectivity index (χ2v) is 8.73. The lowest BCUT2D eigenvalue weighted by Gasteiger charge is -2.25. The smallest absolute Gasteiger partial charge is 0.295 e. The van der Waals surface area contributed by atoms with Crippen molar-refractivity contribution < 1.29 is 19.4 Å². The first-order valence-corrected chi connectivity index (χ1v) is 11.0. The van der Waals surface area contributed by atoms with E-state index < -0.39 is 17.7 Å². The molecule has 7 heteroatoms. The summed E-state index contributed by atoms with van der Waals surface area (Å²) in [6, 6.07) is 15.1. The van der Waals surface area contributed by atoms with Crippen molar-refractivity contribution in [3.05, 3.63) is 99.8 Å². The SMILES string of the molecule is C[C@@H]1Cc2cc(C(O)=C3C(=O)C(=O)N(Cc4ccncc4)[C@@H]3c3cccc(Cl)c3)ccc2O1. The van der Waals surface area contributed by atoms with E-state index in [0.717, 1.165) is 16.9 Å². The molecule has 2 aliphatic rings. The number of Topliss-reactive ketones (excluding diaryl/α,β-unsaturated/α-hetero) is 1. The molecule has 1 aromatic heterocycles. The predicted octanol–water partition coefficient (Wildman–Crippen LogP) is 4.68. The van der Waals surface area contributed by atoms with Crippen molar-refractivity contribution in [2.24, 2.45) is 0 Å². The first-order valence-electron chi connectivity index (χ1n) is 10.6. The average Bonchev–Trinajstić information content (AvgIpc) is 3.30. The van der Waals surface area contributed by atoms with Crippen LogP contribution in [0.5, 0.6) is 5.75 Å². The van der Waals surface area contributed by atoms with Gasteiger partial charge in [-0.15, -0.1) is 0 Å². The van der Waals surface area contributed by atoms with Crippen LogP contribution in [0.4, 0.5) is 0 Å². The summed E-state index contributed by atoms with van der Waals surface area (Å²) in [5, 5.41) is 11.8. The standard InChI is InChI=1S/C26H21ClN2O4/c1-15-11-19-12-18(5-6-21(19)33-15)24(30)22-23(17-3-2-4-20(27)13-17)29(26(32)25(22)31)14-16-7-9-28-10-8-16/h2-10,12-13,15,23,30H,11,14H2,1H3/t15-,23-/m1/s1. The molecular formula is C26H21ClN2O4. The maximum Gasteiger partial charge on any atom is 0.295 e. The molecule has 1 fully saturated rings. The molecule has 1 amide bonds. The molecule has 3 aromatic rings. The molecule has 0 radical (unpaired) electrons. The van der Waals surface area contributed by atoms with Gasteiger partial charge >= 0.3 is 0 Å². The van der Waals surface area contributed by atoms with Crippen LogP contribution in [-0.2, 0) is 22.6 Å². The van der Waals surface area contributed by atoms with Crippen LogP contribution < -0.4 is 4.74 Å². The minimum atomic E-state index is -0.778. The topological polar surface area (TPSA) is 79.7 Å². The van der Waals surface area contributed by atoms with Crippen LogP contribution in [0.3, 0.4) is 0 Å². The quantitative estimate of drug-likeness (QED) is 0.347. The third kappa shape index (κ3) is 3.87. The number of aromatic nitrogens is 1. The van der Waals surface area contributed by atoms with Crippen molar-refractivity contribution in [2.75, 3.05) is 0 Å². The molecule has 0 bridgehead atoms. The maximum absolute atomic E-state index is 13.2. The third-order valence-corrected chi connectivity index (χ3v) is 6.21. The lowest BCUT2D eigenvalue weighted by Crippen LogP contribution is -2.29. The van der Waals surface area contributed by atoms with E-state index in [0.29, 0.717) is 22.6 Å². The number of ketones is 1. The number of aliphatic hydroxyl groups excluding tert-OH is 1. The molecule has 1 N–H and O–H groups in total. The largest absolute Gasteiger partial charge is 0.507 e. The number of ether oxygens (including phenoxy) is 1. The van der Waals surface area contributed by atoms with Crippen LogP contribution in [0.15, 0.2) is 72.6 Å². The average molecular weight is 461 g/mol. The summed E-state index contributed by atoms with van der Waals surface area (Å²) >= 11 is 6.24. The molecule has 2 atom stereocenters. The summed E-state index contributed by atoms with van der Waals surface area (Å²) in [5.74, 6) is -0.838. The molecule has 0 unspecified atom stereocenters. The normalized spacial score (nSPS) is 21.2. The Bertz CT molecular complexity index is 1290. The van der Waals surface area contributed by atoms with E-state index in [1.165, 1.54) is 4.90 Å². The number of aliphatic hydroxyl groups is 1. The number of hydrogen-bond donors (Lipinski definition) is 1. The van der Waals surface area contributed by atoms with Gasteiger partial charge in [-0.25, -0.2) is 0 Å². The number of carbonyl (C=O) groups excluding carboxylic acids is 2. The van der Waals surface area contributed by atoms with Gasteiger partial charge in [-0.3, -0.25) is 14.6 Å². The molecule has 1 saturated heterocycles. The molecule has 0 saturated carbocycles. The van der Waals surface area contributed by atoms with Gasteiger partial charge in [0.2, 0.25) is 0 Å². The summed E-state index contributed by atoms with van der Waals surface area (Å²) in [6.45, 7) is 2.17. The first kappa shape index (κ1) is 21.2. The van der Waals surface area contributed by atoms with E-state index >= 15 is 0 Å². The van der Waals surface area contributed by atoms with Gasteiger partial charge in [0.25, 0.3) is 11.7 Å². The Morgan fingerprint density at radius 2 is 1.94 bits per heavy atom. The van der Waals surface area contributed by atoms with Crippen molar-refractivity contribution in [2.45, 2.75) is 32.0 Å². The maximum atomic E-state index is 13.2. The summed E-state index contributed by atoms with van der Waals surface area (Å²) in [5.41, 5.74) is 2.94. The summed E-state index contributed by atoms with van der Waals surface area (Å²) in [6.07, 6.45) is 4.03. The molecule has 0 spiro atoms. The van der Waals surface area contributed by atoms with Gasteiger partial charge in [0.15, 0.2) is 0 Å². The summed E-state index contributed by atoms with van der Waals surface area (Å²) in [7, 11) is 0. The summed E-state index contributed by atoms with van der Waals surface area (Å²) < 4.78 is 5.75. The number of hydrogen-bond acceptors (Lipinski definition) is 5. The van der Waals surface area contributed by atoms with Gasteiger partial charge in [-0.05, 0) is 66.1 Å². The minimum Gasteiger partial charge on any atom is -0.507 e. The molecule has 2 aromatic carbocycles. The molecule has 33 heavy (non-hydrogen) atoms. The Morgan fingerprint density at radius 3 is 2.70 bits per heavy atom. The molecule has 5 rings (SSSR count). The molecule has 3 heterocycles. The Morgan fingerprint density at radius 1 is 1.15 bits per heavy atom. The number of nitrogens with zero attached hydrogens (tertiary/aromatic N) is 2. The highest BCUT2D eigenvalue weighted by atomic mass is 35.5. The van der Waals surface area contributed by atoms with Crippen molar-refractivity contribution in [1.82, 2.24) is 9.88 Å². The first-order chi connectivity index (χ1) is 15.9. The fraction of sp³-hybridized carbons (Fsp3) is 0.192. The molecule has 166 valence electrons. The van der Waals surface area contributed by atoms with Crippen LogP contribution in [-0.4, -0.2) is 32.8 Å². The predicted molar refractivity (Wildman–Crippen MR) is 124 cm³/mol. The number of amides is 1. The van der Waals surface area contributed by atoms with Gasteiger partial charge in [-0.1, -0.05) is 23.7 Å². The van der Waals surface area contributed by atoms with E-state index in [4.69, 9.17) is 16.3 Å². The monoisotopic (exact) mass is 460 g/mol. The van der Waals surface area contributed by atoms with Crippen LogP contribution in [0, 0.1) is 0 Å². The third-order valence-electron chi connectivity index (χ3n) is 5.98. The molecule has 0 aliphatic carbocycles. The van der Waals surface area contributed by atoms with E-state index in [1.54, 1.807) is 60.9 Å². The number of rotatable bonds is 4. The fourth-order valence-corrected chi connectivity index (χ4v) is 4.67. The number of halogens is 1. The number of pyridine rings is 1. The van der Waals surface area contributed by atoms with E-state index in [9.17, 15) is 14.7 Å². The van der Waals surface area contributed by atoms with Gasteiger partial charge in [0, 0.05) is 35.9 Å². The second-order valence-electron chi connectivity index (χ2n) is 8.29. The van der Waals surface area contributed by atoms with Crippen molar-refractivity contribution in [3.8, 4) is 5.75 Å². The van der Waals surface area contributed by atoms with Crippen LogP contribution in [0.1, 0.15) is 35.2 Å². The number of likely N-dealkylation sites (tertiary alicyclic amines) is 1. The fourth-order valence-electron chi connectivity index (χ4n) is 4.48. The summed E-state index contributed by atoms with van der Waals surface area (Å²) in [4.78, 5) is 31.8. The number of benzene rings is 2. The Kier molecular flexibility index (Phi) is 5.38. The Labute approximate surface area is 196 Å². The minimum absolute atomic E-state index is 0.0447. The van der Waals surface area contributed by atoms with Crippen LogP contribution in [0.2, 0.25) is 5.02 Å². The van der Waals surface area contributed by atoms with Gasteiger partial charge in [0.1, 0.15) is 17.6 Å². The highest BCUT2D eigenvalue weighted by Gasteiger charge is 2.46. The van der Waals surface area contributed by atoms with Gasteiger partial charge < -0.3 is 14.7 Å². The van der Waals surface area contributed by atoms with Crippen molar-refractivity contribution in [3.63, 3.8) is 0 Å². The van der Waals surface area contributed by atoms with Gasteiger partial charge in [-0.2, -0.15) is 0 Å². The molecular weight excluding hydrogens is 440 g/mol. The zero-order valence-electron chi connectivity index (χ0n) is 17.9. The van der Waals surface area contributed by atoms with E-state index in [2.05, 4.69) is 4.98 Å². The number of carbonyl (C=O) groups is 2. The highest BCUT2D eigenvalue weighted by Crippen LogP contribution is 2.41. The van der Waals surface area contributed by atoms with Gasteiger partial charge in [0.05, 0.1) is 11.6 Å². The van der Waals surface area contributed by atoms with Crippen molar-refractivity contribution >= 4 is 29.1 Å². The Hall–Kier alpha value is -3.64. The Balaban J connectivity index is 1.64. The molecule has 6 nitrogen and oxygen atoms in total. The van der Waals surface area contributed by atoms with Crippen LogP contribution >= 0.6 is 11.6 Å². The second kappa shape index (κ2) is 8.37. The zero-order chi connectivity index (χ0) is 23.1. The number of fused-ring (bicyclic) bond motifs is 1. The lowest BCUT2D eigenvalue weighted by atomic mass is 9.94. The highest BCUT2D eigenvalue weighted by molar-refractivity contribution is 6.46. The lowest BCUT2D eigenvalue weighted by molar-refractivity contribution is -0.140. The zero-order valence-corrected chi connectivity index (χ0v) is 18.6. The van der Waals surface area contributed by atoms with E-state index in [-0.39, 0.29) is 24.0 Å². The van der Waals surface area contributed by atoms with Crippen molar-refractivity contribution in [1.29, 1.82) is 0 Å².